The second-order valence-corrected chi connectivity index (χ2v) is 9.17. The summed E-state index contributed by atoms with van der Waals surface area (Å²) in [6.45, 7) is 2.31. The van der Waals surface area contributed by atoms with Crippen LogP contribution in [0.1, 0.15) is 90.4 Å². The number of aliphatic carboxylic acids is 1. The van der Waals surface area contributed by atoms with E-state index in [4.69, 9.17) is 9.47 Å². The number of alkyl halides is 1. The third kappa shape index (κ3) is 7.67. The van der Waals surface area contributed by atoms with E-state index in [9.17, 15) is 19.4 Å². The molecular formula is C26H43FO5. The van der Waals surface area contributed by atoms with E-state index in [1.165, 1.54) is 0 Å². The summed E-state index contributed by atoms with van der Waals surface area (Å²) in [5, 5.41) is 22.0. The van der Waals surface area contributed by atoms with Crippen LogP contribution in [0.5, 0.6) is 0 Å². The van der Waals surface area contributed by atoms with E-state index < -0.39 is 29.9 Å². The Kier molecular flexibility index (Phi) is 12.5. The van der Waals surface area contributed by atoms with Crippen molar-refractivity contribution >= 4 is 5.97 Å². The fourth-order valence-corrected chi connectivity index (χ4v) is 4.95. The second kappa shape index (κ2) is 14.8. The number of allylic oxidation sites excluding steroid dienone is 2. The van der Waals surface area contributed by atoms with E-state index in [0.29, 0.717) is 19.4 Å². The molecule has 1 saturated heterocycles. The fraction of sp³-hybridized carbons (Fsp3) is 0.808. The summed E-state index contributed by atoms with van der Waals surface area (Å²) in [4.78, 5) is 12.8. The Morgan fingerprint density at radius 3 is 2.41 bits per heavy atom. The average Bonchev–Trinajstić information content (AvgIpc) is 3.34. The van der Waals surface area contributed by atoms with Gasteiger partial charge in [-0.15, -0.1) is 0 Å². The molecule has 2 N–H and O–H groups in total. The summed E-state index contributed by atoms with van der Waals surface area (Å²) >= 11 is 0. The maximum absolute atomic E-state index is 12.8. The number of aliphatic hydroxyl groups is 1. The maximum atomic E-state index is 12.8. The number of ether oxygens (including phenoxy) is 2. The van der Waals surface area contributed by atoms with Gasteiger partial charge in [-0.05, 0) is 57.8 Å². The van der Waals surface area contributed by atoms with E-state index in [1.54, 1.807) is 0 Å². The Morgan fingerprint density at radius 1 is 1.09 bits per heavy atom. The van der Waals surface area contributed by atoms with Crippen LogP contribution in [-0.4, -0.2) is 47.5 Å². The average molecular weight is 455 g/mol. The van der Waals surface area contributed by atoms with Crippen molar-refractivity contribution < 1.29 is 28.9 Å². The van der Waals surface area contributed by atoms with E-state index >= 15 is 0 Å². The van der Waals surface area contributed by atoms with Gasteiger partial charge in [0.05, 0.1) is 6.67 Å². The van der Waals surface area contributed by atoms with Gasteiger partial charge in [0.1, 0.15) is 6.10 Å². The van der Waals surface area contributed by atoms with E-state index in [1.807, 2.05) is 31.2 Å². The summed E-state index contributed by atoms with van der Waals surface area (Å²) in [5.41, 5.74) is -1.69. The normalized spacial score (nSPS) is 24.2. The number of unbranched alkanes of at least 4 members (excludes halogenated alkanes) is 4. The van der Waals surface area contributed by atoms with Crippen molar-refractivity contribution in [3.63, 3.8) is 0 Å². The molecule has 5 nitrogen and oxygen atoms in total. The zero-order valence-electron chi connectivity index (χ0n) is 19.7. The molecule has 0 aromatic rings. The Balaban J connectivity index is 2.21. The molecule has 32 heavy (non-hydrogen) atoms. The van der Waals surface area contributed by atoms with E-state index in [2.05, 4.69) is 0 Å². The van der Waals surface area contributed by atoms with Gasteiger partial charge >= 0.3 is 5.97 Å². The Labute approximate surface area is 193 Å². The Bertz CT molecular complexity index is 581. The molecule has 0 radical (unpaired) electrons. The quantitative estimate of drug-likeness (QED) is 0.236. The van der Waals surface area contributed by atoms with Gasteiger partial charge in [0.2, 0.25) is 0 Å². The van der Waals surface area contributed by atoms with Crippen LogP contribution < -0.4 is 0 Å². The number of rotatable bonds is 15. The molecule has 0 spiro atoms. The topological polar surface area (TPSA) is 76.0 Å². The minimum absolute atomic E-state index is 0.243. The molecule has 0 bridgehead atoms. The Hall–Kier alpha value is -1.24. The summed E-state index contributed by atoms with van der Waals surface area (Å²) in [6.07, 6.45) is 16.9. The number of hydrogen-bond acceptors (Lipinski definition) is 4. The van der Waals surface area contributed by atoms with Crippen molar-refractivity contribution in [3.8, 4) is 0 Å². The smallest absolute Gasteiger partial charge is 0.339 e. The summed E-state index contributed by atoms with van der Waals surface area (Å²) in [5.74, 6) is -1.80. The fourth-order valence-electron chi connectivity index (χ4n) is 4.95. The van der Waals surface area contributed by atoms with Gasteiger partial charge in [0.25, 0.3) is 0 Å². The van der Waals surface area contributed by atoms with Crippen LogP contribution in [0.15, 0.2) is 24.3 Å². The molecule has 2 aliphatic rings. The number of aliphatic hydroxyl groups excluding tert-OH is 1. The van der Waals surface area contributed by atoms with Crippen molar-refractivity contribution in [1.29, 1.82) is 0 Å². The lowest BCUT2D eigenvalue weighted by Crippen LogP contribution is -2.60. The SMILES string of the molecule is CCC=CC(C=CCCCCCCF)[C@@H](O)[C@@](OC1CCCCO1)(C(=O)O)C1CCCC1. The van der Waals surface area contributed by atoms with Gasteiger partial charge < -0.3 is 19.7 Å². The molecule has 2 rings (SSSR count). The van der Waals surface area contributed by atoms with Gasteiger partial charge in [0.15, 0.2) is 11.9 Å². The minimum Gasteiger partial charge on any atom is -0.479 e. The van der Waals surface area contributed by atoms with Crippen molar-refractivity contribution in [1.82, 2.24) is 0 Å². The van der Waals surface area contributed by atoms with Crippen LogP contribution in [0.4, 0.5) is 4.39 Å². The number of halogens is 1. The molecule has 1 aliphatic heterocycles. The third-order valence-electron chi connectivity index (χ3n) is 6.77. The first kappa shape index (κ1) is 27.0. The molecule has 2 fully saturated rings. The lowest BCUT2D eigenvalue weighted by atomic mass is 9.75. The van der Waals surface area contributed by atoms with Crippen LogP contribution in [0, 0.1) is 11.8 Å². The molecule has 0 aromatic carbocycles. The standard InChI is InChI=1S/C26H43FO5/c1-2-3-14-21(15-8-6-4-5-7-12-19-27)24(28)26(25(29)30,22-16-9-10-17-22)32-23-18-11-13-20-31-23/h3,8,14-15,21-24,28H,2,4-7,9-13,16-20H2,1H3,(H,29,30)/t21?,23?,24-,26-/m1/s1. The predicted octanol–water partition coefficient (Wildman–Crippen LogP) is 5.96. The summed E-state index contributed by atoms with van der Waals surface area (Å²) < 4.78 is 24.2. The number of carboxylic acids is 1. The highest BCUT2D eigenvalue weighted by atomic mass is 19.1. The van der Waals surface area contributed by atoms with Gasteiger partial charge in [-0.2, -0.15) is 0 Å². The molecule has 0 amide bonds. The molecule has 1 heterocycles. The highest BCUT2D eigenvalue weighted by Gasteiger charge is 2.56. The van der Waals surface area contributed by atoms with Gasteiger partial charge in [-0.3, -0.25) is 4.39 Å². The molecule has 0 aromatic heterocycles. The number of hydrogen-bond donors (Lipinski definition) is 2. The van der Waals surface area contributed by atoms with Crippen LogP contribution in [0.2, 0.25) is 0 Å². The predicted molar refractivity (Wildman–Crippen MR) is 124 cm³/mol. The molecule has 1 saturated carbocycles. The first-order chi connectivity index (χ1) is 15.6. The highest BCUT2D eigenvalue weighted by molar-refractivity contribution is 5.79. The van der Waals surface area contributed by atoms with E-state index in [-0.39, 0.29) is 12.6 Å². The maximum Gasteiger partial charge on any atom is 0.339 e. The summed E-state index contributed by atoms with van der Waals surface area (Å²) in [7, 11) is 0. The van der Waals surface area contributed by atoms with Crippen molar-refractivity contribution in [2.24, 2.45) is 11.8 Å². The minimum atomic E-state index is -1.69. The lowest BCUT2D eigenvalue weighted by molar-refractivity contribution is -0.269. The first-order valence-electron chi connectivity index (χ1n) is 12.7. The highest BCUT2D eigenvalue weighted by Crippen LogP contribution is 2.43. The van der Waals surface area contributed by atoms with Crippen LogP contribution in [0.25, 0.3) is 0 Å². The van der Waals surface area contributed by atoms with Crippen LogP contribution in [0.3, 0.4) is 0 Å². The van der Waals surface area contributed by atoms with Gasteiger partial charge in [-0.1, -0.05) is 56.9 Å². The zero-order chi connectivity index (χ0) is 23.2. The van der Waals surface area contributed by atoms with Crippen LogP contribution >= 0.6 is 0 Å². The lowest BCUT2D eigenvalue weighted by Gasteiger charge is -2.43. The Morgan fingerprint density at radius 2 is 1.78 bits per heavy atom. The summed E-state index contributed by atoms with van der Waals surface area (Å²) in [6, 6.07) is 0. The van der Waals surface area contributed by atoms with Gasteiger partial charge in [-0.25, -0.2) is 4.79 Å². The molecule has 6 heteroatoms. The van der Waals surface area contributed by atoms with Crippen molar-refractivity contribution in [3.05, 3.63) is 24.3 Å². The number of carbonyl (C=O) groups is 1. The zero-order valence-corrected chi connectivity index (χ0v) is 19.7. The van der Waals surface area contributed by atoms with Crippen molar-refractivity contribution in [2.45, 2.75) is 108 Å². The molecular weight excluding hydrogens is 411 g/mol. The van der Waals surface area contributed by atoms with Gasteiger partial charge in [0, 0.05) is 18.4 Å². The molecule has 4 atom stereocenters. The largest absolute Gasteiger partial charge is 0.479 e. The second-order valence-electron chi connectivity index (χ2n) is 9.17. The molecule has 184 valence electrons. The molecule has 1 aliphatic carbocycles. The first-order valence-corrected chi connectivity index (χ1v) is 12.7. The van der Waals surface area contributed by atoms with Crippen molar-refractivity contribution in [2.75, 3.05) is 13.3 Å². The molecule has 2 unspecified atom stereocenters. The van der Waals surface area contributed by atoms with E-state index in [0.717, 1.165) is 70.6 Å². The third-order valence-corrected chi connectivity index (χ3v) is 6.77. The van der Waals surface area contributed by atoms with Crippen LogP contribution in [-0.2, 0) is 14.3 Å². The monoisotopic (exact) mass is 454 g/mol. The number of carboxylic acid groups (broad SMARTS) is 1.